The lowest BCUT2D eigenvalue weighted by molar-refractivity contribution is -0.120. The zero-order valence-corrected chi connectivity index (χ0v) is 17.0. The fourth-order valence-electron chi connectivity index (χ4n) is 3.33. The van der Waals surface area contributed by atoms with Crippen molar-refractivity contribution in [1.82, 2.24) is 9.62 Å². The van der Waals surface area contributed by atoms with Crippen LogP contribution in [0.5, 0.6) is 0 Å². The molecule has 0 spiro atoms. The summed E-state index contributed by atoms with van der Waals surface area (Å²) < 4.78 is 53.7. The molecule has 0 aromatic heterocycles. The predicted molar refractivity (Wildman–Crippen MR) is 106 cm³/mol. The lowest BCUT2D eigenvalue weighted by atomic mass is 9.97. The Balaban J connectivity index is 1.68. The highest BCUT2D eigenvalue weighted by atomic mass is 32.2. The standard InChI is InChI=1S/C20H21F2N3O4S/c1-23-20(27)15-4-2-3-5-17(15)24-19(26)13-8-10-25(11-9-13)30(28,29)18-12-14(21)6-7-16(18)22/h2-7,12-13H,8-11H2,1H3,(H,23,27)(H,24,26). The number of nitrogens with zero attached hydrogens (tertiary/aromatic N) is 1. The summed E-state index contributed by atoms with van der Waals surface area (Å²) >= 11 is 0. The van der Waals surface area contributed by atoms with Gasteiger partial charge < -0.3 is 10.6 Å². The van der Waals surface area contributed by atoms with Gasteiger partial charge in [0.2, 0.25) is 15.9 Å². The Labute approximate surface area is 173 Å². The SMILES string of the molecule is CNC(=O)c1ccccc1NC(=O)C1CCN(S(=O)(=O)c2cc(F)ccc2F)CC1. The molecule has 7 nitrogen and oxygen atoms in total. The largest absolute Gasteiger partial charge is 0.355 e. The molecule has 1 heterocycles. The van der Waals surface area contributed by atoms with Gasteiger partial charge in [-0.15, -0.1) is 0 Å². The van der Waals surface area contributed by atoms with Gasteiger partial charge in [0, 0.05) is 26.1 Å². The summed E-state index contributed by atoms with van der Waals surface area (Å²) in [5, 5.41) is 5.22. The molecule has 2 aromatic rings. The molecule has 2 aromatic carbocycles. The van der Waals surface area contributed by atoms with Gasteiger partial charge in [-0.3, -0.25) is 9.59 Å². The van der Waals surface area contributed by atoms with Crippen LogP contribution >= 0.6 is 0 Å². The van der Waals surface area contributed by atoms with E-state index in [1.165, 1.54) is 7.05 Å². The quantitative estimate of drug-likeness (QED) is 0.751. The third-order valence-corrected chi connectivity index (χ3v) is 6.91. The first kappa shape index (κ1) is 21.8. The third kappa shape index (κ3) is 4.49. The number of benzene rings is 2. The van der Waals surface area contributed by atoms with Gasteiger partial charge in [0.15, 0.2) is 0 Å². The van der Waals surface area contributed by atoms with Crippen LogP contribution in [0.3, 0.4) is 0 Å². The van der Waals surface area contributed by atoms with E-state index >= 15 is 0 Å². The lowest BCUT2D eigenvalue weighted by Gasteiger charge is -2.30. The van der Waals surface area contributed by atoms with Crippen molar-refractivity contribution in [3.63, 3.8) is 0 Å². The lowest BCUT2D eigenvalue weighted by Crippen LogP contribution is -2.41. The molecule has 1 saturated heterocycles. The highest BCUT2D eigenvalue weighted by molar-refractivity contribution is 7.89. The zero-order chi connectivity index (χ0) is 21.9. The first-order valence-electron chi connectivity index (χ1n) is 9.31. The zero-order valence-electron chi connectivity index (χ0n) is 16.2. The molecule has 0 saturated carbocycles. The van der Waals surface area contributed by atoms with Gasteiger partial charge in [0.05, 0.1) is 11.3 Å². The van der Waals surface area contributed by atoms with Crippen molar-refractivity contribution in [2.75, 3.05) is 25.5 Å². The average Bonchev–Trinajstić information content (AvgIpc) is 2.75. The van der Waals surface area contributed by atoms with Crippen molar-refractivity contribution in [3.05, 3.63) is 59.7 Å². The third-order valence-electron chi connectivity index (χ3n) is 4.99. The van der Waals surface area contributed by atoms with Gasteiger partial charge >= 0.3 is 0 Å². The predicted octanol–water partition coefficient (Wildman–Crippen LogP) is 2.36. The Hall–Kier alpha value is -2.85. The minimum absolute atomic E-state index is 0.00648. The molecule has 0 atom stereocenters. The van der Waals surface area contributed by atoms with E-state index in [0.29, 0.717) is 17.3 Å². The molecular weight excluding hydrogens is 416 g/mol. The van der Waals surface area contributed by atoms with Crippen molar-refractivity contribution in [3.8, 4) is 0 Å². The second-order valence-corrected chi connectivity index (χ2v) is 8.77. The van der Waals surface area contributed by atoms with E-state index in [-0.39, 0.29) is 37.7 Å². The monoisotopic (exact) mass is 437 g/mol. The summed E-state index contributed by atoms with van der Waals surface area (Å²) in [6.45, 7) is -0.0130. The molecule has 30 heavy (non-hydrogen) atoms. The molecule has 160 valence electrons. The summed E-state index contributed by atoms with van der Waals surface area (Å²) in [5.41, 5.74) is 0.675. The fraction of sp³-hybridized carbons (Fsp3) is 0.300. The number of para-hydroxylation sites is 1. The average molecular weight is 437 g/mol. The summed E-state index contributed by atoms with van der Waals surface area (Å²) in [6.07, 6.45) is 0.425. The number of anilines is 1. The van der Waals surface area contributed by atoms with Gasteiger partial charge in [0.25, 0.3) is 5.91 Å². The van der Waals surface area contributed by atoms with Crippen molar-refractivity contribution in [2.45, 2.75) is 17.7 Å². The number of halogens is 2. The first-order valence-corrected chi connectivity index (χ1v) is 10.7. The normalized spacial score (nSPS) is 15.6. The molecule has 0 unspecified atom stereocenters. The van der Waals surface area contributed by atoms with Gasteiger partial charge in [-0.25, -0.2) is 17.2 Å². The molecule has 1 aliphatic rings. The molecule has 0 aliphatic carbocycles. The molecule has 0 bridgehead atoms. The Kier molecular flexibility index (Phi) is 6.47. The van der Waals surface area contributed by atoms with Crippen LogP contribution in [0.1, 0.15) is 23.2 Å². The topological polar surface area (TPSA) is 95.6 Å². The summed E-state index contributed by atoms with van der Waals surface area (Å²) in [4.78, 5) is 23.9. The van der Waals surface area contributed by atoms with E-state index in [0.717, 1.165) is 16.4 Å². The molecule has 10 heteroatoms. The number of piperidine rings is 1. The highest BCUT2D eigenvalue weighted by Gasteiger charge is 2.34. The number of hydrogen-bond donors (Lipinski definition) is 2. The Morgan fingerprint density at radius 2 is 1.73 bits per heavy atom. The van der Waals surface area contributed by atoms with Gasteiger partial charge in [-0.05, 0) is 43.2 Å². The number of amides is 2. The summed E-state index contributed by atoms with van der Waals surface area (Å²) in [7, 11) is -2.73. The molecule has 2 amide bonds. The van der Waals surface area contributed by atoms with E-state index in [2.05, 4.69) is 10.6 Å². The van der Waals surface area contributed by atoms with Crippen molar-refractivity contribution < 1.29 is 26.8 Å². The van der Waals surface area contributed by atoms with Crippen LogP contribution in [0.15, 0.2) is 47.4 Å². The number of carbonyl (C=O) groups is 2. The van der Waals surface area contributed by atoms with Crippen molar-refractivity contribution >= 4 is 27.5 Å². The van der Waals surface area contributed by atoms with E-state index in [4.69, 9.17) is 0 Å². The summed E-state index contributed by atoms with van der Waals surface area (Å²) in [5.74, 6) is -3.03. The number of hydrogen-bond acceptors (Lipinski definition) is 4. The molecule has 1 fully saturated rings. The van der Waals surface area contributed by atoms with Gasteiger partial charge in [-0.2, -0.15) is 4.31 Å². The maximum absolute atomic E-state index is 13.9. The molecular formula is C20H21F2N3O4S. The van der Waals surface area contributed by atoms with Crippen LogP contribution in [0.4, 0.5) is 14.5 Å². The molecule has 2 N–H and O–H groups in total. The maximum Gasteiger partial charge on any atom is 0.253 e. The van der Waals surface area contributed by atoms with Crippen molar-refractivity contribution in [2.24, 2.45) is 5.92 Å². The minimum Gasteiger partial charge on any atom is -0.355 e. The van der Waals surface area contributed by atoms with Crippen LogP contribution in [0.2, 0.25) is 0 Å². The number of nitrogens with one attached hydrogen (secondary N) is 2. The summed E-state index contributed by atoms with van der Waals surface area (Å²) in [6, 6.07) is 8.82. The highest BCUT2D eigenvalue weighted by Crippen LogP contribution is 2.27. The number of carbonyl (C=O) groups excluding carboxylic acids is 2. The van der Waals surface area contributed by atoms with Crippen LogP contribution < -0.4 is 10.6 Å². The van der Waals surface area contributed by atoms with Gasteiger partial charge in [0.1, 0.15) is 16.5 Å². The van der Waals surface area contributed by atoms with E-state index in [9.17, 15) is 26.8 Å². The Morgan fingerprint density at radius 1 is 1.07 bits per heavy atom. The number of rotatable bonds is 5. The van der Waals surface area contributed by atoms with E-state index < -0.39 is 32.5 Å². The van der Waals surface area contributed by atoms with Crippen LogP contribution in [-0.4, -0.2) is 44.7 Å². The second kappa shape index (κ2) is 8.88. The Morgan fingerprint density at radius 3 is 2.40 bits per heavy atom. The minimum atomic E-state index is -4.21. The van der Waals surface area contributed by atoms with Crippen LogP contribution in [0, 0.1) is 17.6 Å². The molecule has 1 aliphatic heterocycles. The van der Waals surface area contributed by atoms with Gasteiger partial charge in [-0.1, -0.05) is 12.1 Å². The molecule has 0 radical (unpaired) electrons. The fourth-order valence-corrected chi connectivity index (χ4v) is 4.88. The van der Waals surface area contributed by atoms with Crippen LogP contribution in [0.25, 0.3) is 0 Å². The first-order chi connectivity index (χ1) is 14.2. The van der Waals surface area contributed by atoms with E-state index in [1.54, 1.807) is 24.3 Å². The maximum atomic E-state index is 13.9. The second-order valence-electron chi connectivity index (χ2n) is 6.87. The number of sulfonamides is 1. The van der Waals surface area contributed by atoms with E-state index in [1.807, 2.05) is 0 Å². The smallest absolute Gasteiger partial charge is 0.253 e. The van der Waals surface area contributed by atoms with Crippen LogP contribution in [-0.2, 0) is 14.8 Å². The Bertz CT molecular complexity index is 1070. The molecule has 3 rings (SSSR count). The van der Waals surface area contributed by atoms with Crippen molar-refractivity contribution in [1.29, 1.82) is 0 Å².